The van der Waals surface area contributed by atoms with Gasteiger partial charge in [-0.1, -0.05) is 30.3 Å². The molecule has 1 aliphatic rings. The first-order chi connectivity index (χ1) is 18.2. The zero-order chi connectivity index (χ0) is 26.8. The molecule has 1 saturated carbocycles. The summed E-state index contributed by atoms with van der Waals surface area (Å²) in [4.78, 5) is 17.4. The lowest BCUT2D eigenvalue weighted by Crippen LogP contribution is -2.39. The predicted octanol–water partition coefficient (Wildman–Crippen LogP) is 4.88. The van der Waals surface area contributed by atoms with Gasteiger partial charge in [0.25, 0.3) is 10.0 Å². The van der Waals surface area contributed by atoms with Crippen LogP contribution in [0.25, 0.3) is 27.8 Å². The van der Waals surface area contributed by atoms with E-state index in [9.17, 15) is 17.6 Å². The van der Waals surface area contributed by atoms with Crippen LogP contribution in [-0.4, -0.2) is 33.3 Å². The molecule has 3 aromatic carbocycles. The van der Waals surface area contributed by atoms with Gasteiger partial charge >= 0.3 is 5.69 Å². The third-order valence-corrected chi connectivity index (χ3v) is 9.74. The van der Waals surface area contributed by atoms with Crippen LogP contribution in [0.15, 0.2) is 64.1 Å². The van der Waals surface area contributed by atoms with E-state index in [4.69, 9.17) is 9.15 Å². The molecule has 0 N–H and O–H groups in total. The molecule has 0 unspecified atom stereocenters. The van der Waals surface area contributed by atoms with Gasteiger partial charge in [0.1, 0.15) is 21.6 Å². The minimum atomic E-state index is -4.59. The van der Waals surface area contributed by atoms with Crippen LogP contribution >= 0.6 is 22.6 Å². The first kappa shape index (κ1) is 25.1. The highest BCUT2D eigenvalue weighted by atomic mass is 127. The molecular weight excluding hydrogens is 638 g/mol. The highest BCUT2D eigenvalue weighted by Gasteiger charge is 2.57. The Balaban J connectivity index is 1.57. The van der Waals surface area contributed by atoms with Crippen LogP contribution in [0.3, 0.4) is 0 Å². The Hall–Kier alpha value is -3.17. The molecule has 0 saturated heterocycles. The summed E-state index contributed by atoms with van der Waals surface area (Å²) < 4.78 is 84.3. The zero-order valence-electron chi connectivity index (χ0n) is 19.3. The molecule has 0 aliphatic heterocycles. The van der Waals surface area contributed by atoms with Crippen molar-refractivity contribution in [3.05, 3.63) is 92.0 Å². The van der Waals surface area contributed by atoms with Crippen molar-refractivity contribution < 1.29 is 30.7 Å². The second-order valence-electron chi connectivity index (χ2n) is 9.00. The molecule has 1 aliphatic carbocycles. The second-order valence-corrected chi connectivity index (χ2v) is 12.4. The average molecular weight is 655 g/mol. The minimum Gasteiger partial charge on any atom is -0.441 e. The summed E-state index contributed by atoms with van der Waals surface area (Å²) in [5.74, 6) is -3.95. The number of aromatic nitrogens is 3. The molecule has 8 nitrogen and oxygen atoms in total. The number of rotatable bonds is 7. The molecule has 0 atom stereocenters. The number of halogens is 4. The molecule has 0 bridgehead atoms. The summed E-state index contributed by atoms with van der Waals surface area (Å²) in [5.41, 5.74) is -3.30. The van der Waals surface area contributed by atoms with Gasteiger partial charge in [0.05, 0.1) is 18.9 Å². The van der Waals surface area contributed by atoms with Crippen molar-refractivity contribution in [2.75, 3.05) is 6.61 Å². The van der Waals surface area contributed by atoms with E-state index >= 15 is 8.78 Å². The highest BCUT2D eigenvalue weighted by Crippen LogP contribution is 2.46. The van der Waals surface area contributed by atoms with Crippen molar-refractivity contribution in [3.63, 3.8) is 0 Å². The van der Waals surface area contributed by atoms with Crippen LogP contribution in [0.4, 0.5) is 13.2 Å². The van der Waals surface area contributed by atoms with E-state index < -0.39 is 65.7 Å². The fourth-order valence-corrected chi connectivity index (χ4v) is 6.90. The Morgan fingerprint density at radius 1 is 1.05 bits per heavy atom. The summed E-state index contributed by atoms with van der Waals surface area (Å²) >= 11 is 1.84. The minimum absolute atomic E-state index is 0.134. The number of oxazole rings is 1. The Kier molecular flexibility index (Phi) is 5.92. The third-order valence-electron chi connectivity index (χ3n) is 6.63. The van der Waals surface area contributed by atoms with E-state index in [1.54, 1.807) is 0 Å². The fourth-order valence-electron chi connectivity index (χ4n) is 4.51. The number of imidazole rings is 1. The number of hydrogen-bond donors (Lipinski definition) is 0. The normalized spacial score (nSPS) is 14.9. The monoisotopic (exact) mass is 655 g/mol. The van der Waals surface area contributed by atoms with Gasteiger partial charge in [0.2, 0.25) is 0 Å². The Labute approximate surface area is 226 Å². The molecule has 13 heteroatoms. The Bertz CT molecular complexity index is 1900. The van der Waals surface area contributed by atoms with E-state index in [0.29, 0.717) is 12.1 Å². The molecule has 0 spiro atoms. The largest absolute Gasteiger partial charge is 0.441 e. The maximum absolute atomic E-state index is 15.5. The van der Waals surface area contributed by atoms with E-state index in [1.165, 1.54) is 12.1 Å². The van der Waals surface area contributed by atoms with Crippen molar-refractivity contribution in [2.45, 2.75) is 24.2 Å². The summed E-state index contributed by atoms with van der Waals surface area (Å²) in [5, 5.41) is 0. The van der Waals surface area contributed by atoms with Crippen LogP contribution < -0.4 is 5.69 Å². The quantitative estimate of drug-likeness (QED) is 0.232. The second kappa shape index (κ2) is 8.95. The zero-order valence-corrected chi connectivity index (χ0v) is 22.3. The Morgan fingerprint density at radius 3 is 2.47 bits per heavy atom. The van der Waals surface area contributed by atoms with E-state index in [-0.39, 0.29) is 26.1 Å². The van der Waals surface area contributed by atoms with Crippen molar-refractivity contribution in [1.29, 1.82) is 0 Å². The number of nitrogens with zero attached hydrogens (tertiary/aromatic N) is 3. The first-order valence-corrected chi connectivity index (χ1v) is 13.9. The van der Waals surface area contributed by atoms with E-state index in [1.807, 2.05) is 52.9 Å². The maximum atomic E-state index is 15.5. The molecule has 38 heavy (non-hydrogen) atoms. The van der Waals surface area contributed by atoms with Crippen LogP contribution in [0.2, 0.25) is 0 Å². The predicted molar refractivity (Wildman–Crippen MR) is 140 cm³/mol. The first-order valence-electron chi connectivity index (χ1n) is 11.4. The fraction of sp³-hybridized carbons (Fsp3) is 0.200. The lowest BCUT2D eigenvalue weighted by molar-refractivity contribution is 0.116. The van der Waals surface area contributed by atoms with Crippen molar-refractivity contribution in [1.82, 2.24) is 13.5 Å². The SMILES string of the molecule is O=c1n(-c2ccc(I)cc2F)c2c(F)c(F)c3ncoc3c2n1S(=O)(=O)C1(COCc2ccccc2)CC1. The maximum Gasteiger partial charge on any atom is 0.348 e. The average Bonchev–Trinajstić information content (AvgIpc) is 3.41. The summed E-state index contributed by atoms with van der Waals surface area (Å²) in [7, 11) is -4.59. The van der Waals surface area contributed by atoms with E-state index in [2.05, 4.69) is 4.98 Å². The number of hydrogen-bond acceptors (Lipinski definition) is 6. The van der Waals surface area contributed by atoms with Gasteiger partial charge in [0, 0.05) is 3.57 Å². The number of benzene rings is 3. The molecule has 6 rings (SSSR count). The lowest BCUT2D eigenvalue weighted by atomic mass is 10.2. The van der Waals surface area contributed by atoms with Gasteiger partial charge in [-0.3, -0.25) is 4.57 Å². The van der Waals surface area contributed by atoms with E-state index in [0.717, 1.165) is 18.0 Å². The topological polar surface area (TPSA) is 96.3 Å². The van der Waals surface area contributed by atoms with Crippen LogP contribution in [0.1, 0.15) is 18.4 Å². The number of fused-ring (bicyclic) bond motifs is 3. The lowest BCUT2D eigenvalue weighted by Gasteiger charge is -2.17. The van der Waals surface area contributed by atoms with Gasteiger partial charge < -0.3 is 9.15 Å². The molecule has 0 radical (unpaired) electrons. The molecule has 2 heterocycles. The third kappa shape index (κ3) is 3.70. The highest BCUT2D eigenvalue weighted by molar-refractivity contribution is 14.1. The van der Waals surface area contributed by atoms with Gasteiger partial charge in [0.15, 0.2) is 29.1 Å². The molecule has 0 amide bonds. The Morgan fingerprint density at radius 2 is 1.79 bits per heavy atom. The van der Waals surface area contributed by atoms with Crippen LogP contribution in [0.5, 0.6) is 0 Å². The molecule has 5 aromatic rings. The molecule has 1 fully saturated rings. The van der Waals surface area contributed by atoms with Crippen molar-refractivity contribution in [3.8, 4) is 5.69 Å². The van der Waals surface area contributed by atoms with Crippen LogP contribution in [-0.2, 0) is 21.4 Å². The molecule has 196 valence electrons. The van der Waals surface area contributed by atoms with Crippen molar-refractivity contribution >= 4 is 54.7 Å². The van der Waals surface area contributed by atoms with Crippen molar-refractivity contribution in [2.24, 2.45) is 0 Å². The van der Waals surface area contributed by atoms with Crippen LogP contribution in [0, 0.1) is 21.0 Å². The number of ether oxygens (including phenoxy) is 1. The van der Waals surface area contributed by atoms with Gasteiger partial charge in [-0.25, -0.2) is 31.4 Å². The standard InChI is InChI=1S/C25H17F3IN3O5S/c26-16-10-15(29)6-7-17(16)31-21-19(28)18(27)20-23(37-13-30-20)22(21)32(24(31)33)38(34,35)25(8-9-25)12-36-11-14-4-2-1-3-5-14/h1-7,10,13H,8-9,11-12H2. The molecule has 2 aromatic heterocycles. The summed E-state index contributed by atoms with van der Waals surface area (Å²) in [6.07, 6.45) is 1.15. The molecular formula is C25H17F3IN3O5S. The van der Waals surface area contributed by atoms with Gasteiger partial charge in [-0.2, -0.15) is 3.97 Å². The summed E-state index contributed by atoms with van der Waals surface area (Å²) in [6.45, 7) is -0.112. The summed E-state index contributed by atoms with van der Waals surface area (Å²) in [6, 6.07) is 12.8. The smallest absolute Gasteiger partial charge is 0.348 e. The van der Waals surface area contributed by atoms with Gasteiger partial charge in [-0.15, -0.1) is 0 Å². The van der Waals surface area contributed by atoms with Gasteiger partial charge in [-0.05, 0) is 59.2 Å².